The topological polar surface area (TPSA) is 84.9 Å². The summed E-state index contributed by atoms with van der Waals surface area (Å²) in [5.74, 6) is 1.35. The van der Waals surface area contributed by atoms with Gasteiger partial charge in [-0.3, -0.25) is 0 Å². The Labute approximate surface area is 147 Å². The molecule has 1 heterocycles. The Bertz CT molecular complexity index is 757. The van der Waals surface area contributed by atoms with E-state index in [2.05, 4.69) is 25.7 Å². The summed E-state index contributed by atoms with van der Waals surface area (Å²) in [6.07, 6.45) is 10.2. The van der Waals surface area contributed by atoms with Gasteiger partial charge in [-0.1, -0.05) is 6.08 Å². The highest BCUT2D eigenvalue weighted by Gasteiger charge is 1.94. The van der Waals surface area contributed by atoms with Gasteiger partial charge in [0, 0.05) is 32.4 Å². The zero-order chi connectivity index (χ0) is 18.5. The molecule has 0 aromatic carbocycles. The van der Waals surface area contributed by atoms with E-state index >= 15 is 0 Å². The van der Waals surface area contributed by atoms with Crippen molar-refractivity contribution in [3.05, 3.63) is 59.7 Å². The average Bonchev–Trinajstić information content (AvgIpc) is 2.64. The van der Waals surface area contributed by atoms with Crippen molar-refractivity contribution in [3.63, 3.8) is 0 Å². The zero-order valence-corrected chi connectivity index (χ0v) is 15.2. The SMILES string of the molecule is C/C=C(\C=C(/C=C\NC)OC)/N=N/C=N/N=c1\cc(OC)ccn1C. The maximum Gasteiger partial charge on any atom is 0.160 e. The van der Waals surface area contributed by atoms with E-state index in [-0.39, 0.29) is 0 Å². The van der Waals surface area contributed by atoms with Gasteiger partial charge in [-0.15, -0.1) is 20.4 Å². The third kappa shape index (κ3) is 7.30. The first-order chi connectivity index (χ1) is 12.1. The largest absolute Gasteiger partial charge is 0.497 e. The fraction of sp³-hybridized carbons (Fsp3) is 0.294. The molecule has 0 amide bonds. The van der Waals surface area contributed by atoms with Gasteiger partial charge in [0.25, 0.3) is 0 Å². The second-order valence-corrected chi connectivity index (χ2v) is 4.67. The van der Waals surface area contributed by atoms with Crippen molar-refractivity contribution in [2.75, 3.05) is 21.3 Å². The van der Waals surface area contributed by atoms with Crippen LogP contribution in [0.2, 0.25) is 0 Å². The number of rotatable bonds is 8. The predicted molar refractivity (Wildman–Crippen MR) is 97.9 cm³/mol. The summed E-state index contributed by atoms with van der Waals surface area (Å²) in [6, 6.07) is 3.61. The minimum atomic E-state index is 0.635. The van der Waals surface area contributed by atoms with Crippen LogP contribution in [0.1, 0.15) is 6.92 Å². The Morgan fingerprint density at radius 1 is 1.32 bits per heavy atom. The summed E-state index contributed by atoms with van der Waals surface area (Å²) in [5, 5.41) is 18.8. The number of hydrogen-bond acceptors (Lipinski definition) is 6. The van der Waals surface area contributed by atoms with Crippen molar-refractivity contribution in [2.24, 2.45) is 27.5 Å². The smallest absolute Gasteiger partial charge is 0.160 e. The molecule has 0 fully saturated rings. The van der Waals surface area contributed by atoms with Crippen molar-refractivity contribution in [1.29, 1.82) is 0 Å². The summed E-state index contributed by atoms with van der Waals surface area (Å²) < 4.78 is 12.2. The van der Waals surface area contributed by atoms with Gasteiger partial charge < -0.3 is 19.4 Å². The molecule has 0 atom stereocenters. The summed E-state index contributed by atoms with van der Waals surface area (Å²) >= 11 is 0. The van der Waals surface area contributed by atoms with Crippen LogP contribution in [0.5, 0.6) is 5.75 Å². The van der Waals surface area contributed by atoms with Crippen LogP contribution in [0.4, 0.5) is 0 Å². The van der Waals surface area contributed by atoms with E-state index in [1.807, 2.05) is 43.9 Å². The van der Waals surface area contributed by atoms with Gasteiger partial charge in [-0.2, -0.15) is 0 Å². The first-order valence-electron chi connectivity index (χ1n) is 7.57. The quantitative estimate of drug-likeness (QED) is 0.196. The number of hydrogen-bond donors (Lipinski definition) is 1. The van der Waals surface area contributed by atoms with E-state index < -0.39 is 0 Å². The Morgan fingerprint density at radius 2 is 2.12 bits per heavy atom. The molecule has 134 valence electrons. The molecular weight excluding hydrogens is 320 g/mol. The van der Waals surface area contributed by atoms with Crippen LogP contribution < -0.4 is 15.5 Å². The highest BCUT2D eigenvalue weighted by Crippen LogP contribution is 2.07. The third-order valence-corrected chi connectivity index (χ3v) is 3.00. The number of nitrogens with zero attached hydrogens (tertiary/aromatic N) is 5. The van der Waals surface area contributed by atoms with Gasteiger partial charge in [0.05, 0.1) is 19.9 Å². The second-order valence-electron chi connectivity index (χ2n) is 4.67. The third-order valence-electron chi connectivity index (χ3n) is 3.00. The van der Waals surface area contributed by atoms with E-state index in [9.17, 15) is 0 Å². The van der Waals surface area contributed by atoms with Crippen LogP contribution in [-0.2, 0) is 11.8 Å². The molecule has 0 aliphatic carbocycles. The number of ether oxygens (including phenoxy) is 2. The molecule has 0 saturated heterocycles. The summed E-state index contributed by atoms with van der Waals surface area (Å²) in [5.41, 5.74) is 1.27. The molecule has 0 saturated carbocycles. The number of aromatic nitrogens is 1. The van der Waals surface area contributed by atoms with Gasteiger partial charge in [0.1, 0.15) is 11.5 Å². The van der Waals surface area contributed by atoms with Crippen molar-refractivity contribution < 1.29 is 9.47 Å². The Balaban J connectivity index is 2.84. The Kier molecular flexibility index (Phi) is 9.06. The number of methoxy groups -OCH3 is 2. The maximum atomic E-state index is 5.23. The van der Waals surface area contributed by atoms with E-state index in [0.29, 0.717) is 22.7 Å². The van der Waals surface area contributed by atoms with Gasteiger partial charge in [-0.25, -0.2) is 0 Å². The molecule has 1 aromatic heterocycles. The number of azo groups is 1. The summed E-state index contributed by atoms with van der Waals surface area (Å²) in [4.78, 5) is 0. The molecule has 1 aromatic rings. The van der Waals surface area contributed by atoms with Crippen LogP contribution in [0, 0.1) is 0 Å². The number of pyridine rings is 1. The molecule has 25 heavy (non-hydrogen) atoms. The van der Waals surface area contributed by atoms with Crippen molar-refractivity contribution in [1.82, 2.24) is 9.88 Å². The molecule has 0 bridgehead atoms. The maximum absolute atomic E-state index is 5.23. The molecule has 1 rings (SSSR count). The van der Waals surface area contributed by atoms with Crippen molar-refractivity contribution in [2.45, 2.75) is 6.92 Å². The monoisotopic (exact) mass is 344 g/mol. The highest BCUT2D eigenvalue weighted by atomic mass is 16.5. The first-order valence-corrected chi connectivity index (χ1v) is 7.57. The lowest BCUT2D eigenvalue weighted by molar-refractivity contribution is 0.306. The van der Waals surface area contributed by atoms with Gasteiger partial charge in [0.2, 0.25) is 0 Å². The molecule has 8 heteroatoms. The average molecular weight is 344 g/mol. The molecule has 8 nitrogen and oxygen atoms in total. The summed E-state index contributed by atoms with van der Waals surface area (Å²) in [7, 11) is 6.86. The zero-order valence-electron chi connectivity index (χ0n) is 15.2. The van der Waals surface area contributed by atoms with Crippen LogP contribution in [-0.4, -0.2) is 32.2 Å². The molecule has 0 aliphatic rings. The highest BCUT2D eigenvalue weighted by molar-refractivity contribution is 5.54. The van der Waals surface area contributed by atoms with Crippen LogP contribution in [0.15, 0.2) is 74.6 Å². The van der Waals surface area contributed by atoms with Crippen molar-refractivity contribution in [3.8, 4) is 5.75 Å². The fourth-order valence-electron chi connectivity index (χ4n) is 1.62. The molecule has 0 spiro atoms. The van der Waals surface area contributed by atoms with Gasteiger partial charge in [0.15, 0.2) is 11.8 Å². The molecular formula is C17H24N6O2. The number of aryl methyl sites for hydroxylation is 1. The molecule has 0 unspecified atom stereocenters. The Hall–Kier alpha value is -3.16. The van der Waals surface area contributed by atoms with E-state index in [0.717, 1.165) is 0 Å². The normalized spacial score (nSPS) is 14.0. The lowest BCUT2D eigenvalue weighted by Gasteiger charge is -2.01. The summed E-state index contributed by atoms with van der Waals surface area (Å²) in [6.45, 7) is 1.86. The van der Waals surface area contributed by atoms with E-state index in [4.69, 9.17) is 9.47 Å². The second kappa shape index (κ2) is 11.4. The Morgan fingerprint density at radius 3 is 2.76 bits per heavy atom. The predicted octanol–water partition coefficient (Wildman–Crippen LogP) is 2.50. The lowest BCUT2D eigenvalue weighted by atomic mass is 10.3. The van der Waals surface area contributed by atoms with Gasteiger partial charge in [-0.05, 0) is 25.3 Å². The minimum absolute atomic E-state index is 0.635. The molecule has 0 aliphatic heterocycles. The van der Waals surface area contributed by atoms with E-state index in [1.165, 1.54) is 6.34 Å². The first kappa shape index (κ1) is 19.9. The van der Waals surface area contributed by atoms with E-state index in [1.54, 1.807) is 38.6 Å². The van der Waals surface area contributed by atoms with Crippen LogP contribution in [0.3, 0.4) is 0 Å². The van der Waals surface area contributed by atoms with Gasteiger partial charge >= 0.3 is 0 Å². The lowest BCUT2D eigenvalue weighted by Crippen LogP contribution is -2.16. The molecule has 0 radical (unpaired) electrons. The van der Waals surface area contributed by atoms with Crippen LogP contribution >= 0.6 is 0 Å². The minimum Gasteiger partial charge on any atom is -0.497 e. The molecule has 1 N–H and O–H groups in total. The standard InChI is InChI=1S/C17H24N6O2/c1-6-14(11-15(24-4)7-9-18-2)21-19-13-20-22-17-12-16(25-5)8-10-23(17)3/h6-13,18H,1-5H3/b9-7-,14-6+,15-11+,20-13+,21-19+,22-17+. The number of nitrogens with one attached hydrogen (secondary N) is 1. The van der Waals surface area contributed by atoms with Crippen LogP contribution in [0.25, 0.3) is 0 Å². The number of allylic oxidation sites excluding steroid dienone is 3. The van der Waals surface area contributed by atoms with Crippen molar-refractivity contribution >= 4 is 6.34 Å². The fourth-order valence-corrected chi connectivity index (χ4v) is 1.62.